The number of rotatable bonds is 4. The predicted molar refractivity (Wildman–Crippen MR) is 115 cm³/mol. The zero-order valence-electron chi connectivity index (χ0n) is 14.4. The van der Waals surface area contributed by atoms with Gasteiger partial charge in [-0.15, -0.1) is 0 Å². The van der Waals surface area contributed by atoms with Gasteiger partial charge in [-0.05, 0) is 67.8 Å². The molecule has 28 heavy (non-hydrogen) atoms. The summed E-state index contributed by atoms with van der Waals surface area (Å²) in [4.78, 5) is 29.3. The van der Waals surface area contributed by atoms with Crippen molar-refractivity contribution in [1.29, 1.82) is 0 Å². The fourth-order valence-corrected chi connectivity index (χ4v) is 5.19. The number of para-hydroxylation sites is 2. The van der Waals surface area contributed by atoms with Crippen LogP contribution in [0.3, 0.4) is 0 Å². The van der Waals surface area contributed by atoms with Crippen molar-refractivity contribution in [2.24, 2.45) is 0 Å². The molecule has 0 bridgehead atoms. The maximum absolute atomic E-state index is 12.9. The second-order valence-corrected chi connectivity index (χ2v) is 8.53. The van der Waals surface area contributed by atoms with E-state index in [4.69, 9.17) is 4.74 Å². The molecule has 0 aliphatic rings. The number of esters is 1. The van der Waals surface area contributed by atoms with E-state index in [1.807, 2.05) is 36.4 Å². The van der Waals surface area contributed by atoms with Crippen LogP contribution in [0.25, 0.3) is 22.1 Å². The van der Waals surface area contributed by atoms with Gasteiger partial charge in [-0.1, -0.05) is 23.5 Å². The third-order valence-corrected chi connectivity index (χ3v) is 6.17. The second-order valence-electron chi connectivity index (χ2n) is 5.81. The Labute approximate surface area is 179 Å². The molecule has 2 aromatic carbocycles. The Bertz CT molecular complexity index is 1310. The van der Waals surface area contributed by atoms with Crippen molar-refractivity contribution >= 4 is 71.2 Å². The summed E-state index contributed by atoms with van der Waals surface area (Å²) >= 11 is 8.22. The normalized spacial score (nSPS) is 12.0. The van der Waals surface area contributed by atoms with E-state index in [1.165, 1.54) is 18.4 Å². The molecule has 6 nitrogen and oxygen atoms in total. The van der Waals surface area contributed by atoms with Crippen molar-refractivity contribution in [2.75, 3.05) is 13.7 Å². The summed E-state index contributed by atoms with van der Waals surface area (Å²) in [5, 5.41) is 0. The van der Waals surface area contributed by atoms with E-state index in [-0.39, 0.29) is 12.2 Å². The number of methoxy groups -OCH3 is 1. The Balaban J connectivity index is 1.76. The second kappa shape index (κ2) is 7.65. The number of halogens is 2. The monoisotopic (exact) mass is 522 g/mol. The quantitative estimate of drug-likeness (QED) is 0.383. The van der Waals surface area contributed by atoms with Gasteiger partial charge in [-0.2, -0.15) is 0 Å². The highest BCUT2D eigenvalue weighted by atomic mass is 79.9. The van der Waals surface area contributed by atoms with E-state index in [2.05, 4.69) is 41.6 Å². The molecule has 2 heterocycles. The van der Waals surface area contributed by atoms with Gasteiger partial charge in [0.2, 0.25) is 0 Å². The molecule has 0 radical (unpaired) electrons. The van der Waals surface area contributed by atoms with E-state index < -0.39 is 5.97 Å². The number of nitrogens with zero attached hydrogens (tertiary/aromatic N) is 2. The standard InChI is InChI=1S/C19H12Br2N2O4S/c1-26-16(24)9-27-17-11(20)6-10(7-12(17)21)8-15-18(25)23-14-5-3-2-4-13(14)22-19(23)28-15/h2-8H,9H2,1H3. The molecule has 9 heteroatoms. The van der Waals surface area contributed by atoms with Crippen molar-refractivity contribution in [3.8, 4) is 5.75 Å². The van der Waals surface area contributed by atoms with Gasteiger partial charge in [-0.3, -0.25) is 4.79 Å². The van der Waals surface area contributed by atoms with Crippen LogP contribution in [0.15, 0.2) is 50.1 Å². The minimum Gasteiger partial charge on any atom is -0.480 e. The fourth-order valence-electron chi connectivity index (χ4n) is 2.75. The summed E-state index contributed by atoms with van der Waals surface area (Å²) in [5.74, 6) is 0.0106. The lowest BCUT2D eigenvalue weighted by molar-refractivity contribution is -0.142. The minimum atomic E-state index is -0.473. The first-order chi connectivity index (χ1) is 13.5. The first-order valence-electron chi connectivity index (χ1n) is 8.08. The number of imidazole rings is 1. The smallest absolute Gasteiger partial charge is 0.343 e. The molecule has 4 aromatic rings. The largest absolute Gasteiger partial charge is 0.480 e. The van der Waals surface area contributed by atoms with Crippen LogP contribution < -0.4 is 14.8 Å². The fraction of sp³-hybridized carbons (Fsp3) is 0.105. The number of aromatic nitrogens is 2. The number of carbonyl (C=O) groups is 1. The molecular weight excluding hydrogens is 512 g/mol. The molecule has 0 saturated heterocycles. The Morgan fingerprint density at radius 2 is 1.96 bits per heavy atom. The summed E-state index contributed by atoms with van der Waals surface area (Å²) in [7, 11) is 1.30. The molecular formula is C19H12Br2N2O4S. The van der Waals surface area contributed by atoms with Gasteiger partial charge in [0, 0.05) is 0 Å². The molecule has 2 aromatic heterocycles. The maximum atomic E-state index is 12.9. The Morgan fingerprint density at radius 3 is 2.68 bits per heavy atom. The lowest BCUT2D eigenvalue weighted by Gasteiger charge is -2.10. The lowest BCUT2D eigenvalue weighted by Crippen LogP contribution is -2.22. The SMILES string of the molecule is COC(=O)COc1c(Br)cc(C=c2sc3nc4ccccc4n3c2=O)cc1Br. The van der Waals surface area contributed by atoms with Crippen LogP contribution in [0.2, 0.25) is 0 Å². The van der Waals surface area contributed by atoms with Gasteiger partial charge in [0.1, 0.15) is 5.75 Å². The van der Waals surface area contributed by atoms with Crippen LogP contribution in [0.5, 0.6) is 5.75 Å². The number of carbonyl (C=O) groups excluding carboxylic acids is 1. The van der Waals surface area contributed by atoms with Gasteiger partial charge < -0.3 is 9.47 Å². The van der Waals surface area contributed by atoms with Crippen molar-refractivity contribution < 1.29 is 14.3 Å². The minimum absolute atomic E-state index is 0.105. The van der Waals surface area contributed by atoms with E-state index in [1.54, 1.807) is 10.5 Å². The van der Waals surface area contributed by atoms with Crippen LogP contribution in [0.1, 0.15) is 5.56 Å². The molecule has 0 aliphatic carbocycles. The van der Waals surface area contributed by atoms with Crippen molar-refractivity contribution in [2.45, 2.75) is 0 Å². The summed E-state index contributed by atoms with van der Waals surface area (Å²) < 4.78 is 13.6. The number of thiazole rings is 1. The number of ether oxygens (including phenoxy) is 2. The number of benzene rings is 2. The average Bonchev–Trinajstić information content (AvgIpc) is 3.17. The molecule has 0 N–H and O–H groups in total. The van der Waals surface area contributed by atoms with Gasteiger partial charge >= 0.3 is 5.97 Å². The van der Waals surface area contributed by atoms with E-state index >= 15 is 0 Å². The topological polar surface area (TPSA) is 69.9 Å². The Morgan fingerprint density at radius 1 is 1.25 bits per heavy atom. The molecule has 0 spiro atoms. The molecule has 0 amide bonds. The predicted octanol–water partition coefficient (Wildman–Crippen LogP) is 3.53. The molecule has 0 aliphatic heterocycles. The van der Waals surface area contributed by atoms with Crippen molar-refractivity contribution in [3.63, 3.8) is 0 Å². The first kappa shape index (κ1) is 19.1. The van der Waals surface area contributed by atoms with Gasteiger partial charge in [-0.25, -0.2) is 14.2 Å². The maximum Gasteiger partial charge on any atom is 0.343 e. The summed E-state index contributed by atoms with van der Waals surface area (Å²) in [5.41, 5.74) is 2.30. The van der Waals surface area contributed by atoms with Crippen LogP contribution in [-0.4, -0.2) is 29.1 Å². The lowest BCUT2D eigenvalue weighted by atomic mass is 10.2. The summed E-state index contributed by atoms with van der Waals surface area (Å²) in [6.45, 7) is -0.198. The van der Waals surface area contributed by atoms with Crippen LogP contribution >= 0.6 is 43.2 Å². The van der Waals surface area contributed by atoms with Gasteiger partial charge in [0.15, 0.2) is 11.6 Å². The van der Waals surface area contributed by atoms with Crippen molar-refractivity contribution in [1.82, 2.24) is 9.38 Å². The van der Waals surface area contributed by atoms with E-state index in [0.717, 1.165) is 16.6 Å². The average molecular weight is 524 g/mol. The van der Waals surface area contributed by atoms with Gasteiger partial charge in [0.05, 0.1) is 31.6 Å². The van der Waals surface area contributed by atoms with E-state index in [9.17, 15) is 9.59 Å². The summed E-state index contributed by atoms with van der Waals surface area (Å²) in [6.07, 6.45) is 1.80. The Hall–Kier alpha value is -2.23. The summed E-state index contributed by atoms with van der Waals surface area (Å²) in [6, 6.07) is 11.2. The van der Waals surface area contributed by atoms with E-state index in [0.29, 0.717) is 24.2 Å². The highest BCUT2D eigenvalue weighted by Gasteiger charge is 2.13. The van der Waals surface area contributed by atoms with Crippen LogP contribution in [-0.2, 0) is 9.53 Å². The van der Waals surface area contributed by atoms with Crippen molar-refractivity contribution in [3.05, 3.63) is 65.8 Å². The zero-order valence-corrected chi connectivity index (χ0v) is 18.4. The third kappa shape index (κ3) is 3.45. The molecule has 0 saturated carbocycles. The number of hydrogen-bond donors (Lipinski definition) is 0. The highest BCUT2D eigenvalue weighted by molar-refractivity contribution is 9.11. The molecule has 0 atom stereocenters. The van der Waals surface area contributed by atoms with Crippen LogP contribution in [0.4, 0.5) is 0 Å². The number of fused-ring (bicyclic) bond motifs is 3. The third-order valence-electron chi connectivity index (χ3n) is 4.03. The highest BCUT2D eigenvalue weighted by Crippen LogP contribution is 2.35. The zero-order chi connectivity index (χ0) is 19.8. The molecule has 4 rings (SSSR count). The number of hydrogen-bond acceptors (Lipinski definition) is 6. The van der Waals surface area contributed by atoms with Gasteiger partial charge in [0.25, 0.3) is 5.56 Å². The molecule has 0 unspecified atom stereocenters. The van der Waals surface area contributed by atoms with Crippen LogP contribution in [0, 0.1) is 0 Å². The molecule has 0 fully saturated rings. The first-order valence-corrected chi connectivity index (χ1v) is 10.5. The molecule has 142 valence electrons. The Kier molecular flexibility index (Phi) is 5.22.